The van der Waals surface area contributed by atoms with Crippen LogP contribution in [0.4, 0.5) is 0 Å². The predicted molar refractivity (Wildman–Crippen MR) is 176 cm³/mol. The molecule has 0 aromatic carbocycles. The fourth-order valence-corrected chi connectivity index (χ4v) is 4.54. The first-order chi connectivity index (χ1) is 18.8. The van der Waals surface area contributed by atoms with Crippen molar-refractivity contribution in [2.75, 3.05) is 21.1 Å². The van der Waals surface area contributed by atoms with Gasteiger partial charge in [-0.2, -0.15) is 0 Å². The molecule has 3 aliphatic rings. The highest BCUT2D eigenvalue weighted by molar-refractivity contribution is 5.94. The molecule has 0 aliphatic heterocycles. The van der Waals surface area contributed by atoms with Gasteiger partial charge >= 0.3 is 0 Å². The van der Waals surface area contributed by atoms with Crippen molar-refractivity contribution in [2.24, 2.45) is 0 Å². The molecule has 0 aromatic rings. The van der Waals surface area contributed by atoms with Crippen LogP contribution < -0.4 is 16.0 Å². The Labute approximate surface area is 249 Å². The van der Waals surface area contributed by atoms with Crippen LogP contribution in [0.1, 0.15) is 147 Å². The van der Waals surface area contributed by atoms with Crippen LogP contribution in [-0.4, -0.2) is 38.9 Å². The molecule has 0 spiro atoms. The standard InChI is InChI=1S/3C9H15NO.3C2H6.CH4/c3*1-7-5-3-4-6-8(7)9(11)10-2;3*1-2;/h3*3-6H2,1-2H3,(H,10,11);3*1-2H3;1H4. The van der Waals surface area contributed by atoms with Gasteiger partial charge in [-0.1, -0.05) is 65.7 Å². The minimum Gasteiger partial charge on any atom is -0.355 e. The number of likely N-dealkylation sites (N-methyl/N-ethyl adjacent to an activating group) is 3. The van der Waals surface area contributed by atoms with Crippen LogP contribution in [0, 0.1) is 0 Å². The van der Waals surface area contributed by atoms with Gasteiger partial charge in [0.1, 0.15) is 0 Å². The molecule has 0 bridgehead atoms. The van der Waals surface area contributed by atoms with Crippen molar-refractivity contribution in [3.63, 3.8) is 0 Å². The smallest absolute Gasteiger partial charge is 0.246 e. The van der Waals surface area contributed by atoms with Crippen LogP contribution in [0.5, 0.6) is 0 Å². The van der Waals surface area contributed by atoms with E-state index in [0.29, 0.717) is 0 Å². The number of carbonyl (C=O) groups excluding carboxylic acids is 3. The number of rotatable bonds is 3. The van der Waals surface area contributed by atoms with Crippen molar-refractivity contribution in [3.8, 4) is 0 Å². The molecule has 0 heterocycles. The average molecular weight is 566 g/mol. The molecule has 0 fully saturated rings. The highest BCUT2D eigenvalue weighted by Gasteiger charge is 2.16. The lowest BCUT2D eigenvalue weighted by molar-refractivity contribution is -0.118. The number of allylic oxidation sites excluding steroid dienone is 3. The fourth-order valence-electron chi connectivity index (χ4n) is 4.54. The van der Waals surface area contributed by atoms with Crippen molar-refractivity contribution in [2.45, 2.75) is 147 Å². The number of carbonyl (C=O) groups is 3. The van der Waals surface area contributed by atoms with Crippen LogP contribution in [0.2, 0.25) is 0 Å². The molecular weight excluding hydrogens is 498 g/mol. The molecule has 3 N–H and O–H groups in total. The average Bonchev–Trinajstić information content (AvgIpc) is 3.00. The summed E-state index contributed by atoms with van der Waals surface area (Å²) in [6.45, 7) is 18.2. The summed E-state index contributed by atoms with van der Waals surface area (Å²) in [5.41, 5.74) is 6.86. The molecular formula is C34H67N3O3. The normalized spacial score (nSPS) is 15.6. The van der Waals surface area contributed by atoms with Crippen LogP contribution in [-0.2, 0) is 14.4 Å². The lowest BCUT2D eigenvalue weighted by atomic mass is 9.92. The summed E-state index contributed by atoms with van der Waals surface area (Å²) in [6.07, 6.45) is 13.4. The number of hydrogen-bond acceptors (Lipinski definition) is 3. The van der Waals surface area contributed by atoms with E-state index in [-0.39, 0.29) is 25.1 Å². The van der Waals surface area contributed by atoms with Gasteiger partial charge in [0, 0.05) is 37.9 Å². The Morgan fingerprint density at radius 2 is 0.600 bits per heavy atom. The Morgan fingerprint density at radius 1 is 0.425 bits per heavy atom. The van der Waals surface area contributed by atoms with Crippen molar-refractivity contribution >= 4 is 17.7 Å². The molecule has 0 saturated carbocycles. The summed E-state index contributed by atoms with van der Waals surface area (Å²) in [5, 5.41) is 8.00. The lowest BCUT2D eigenvalue weighted by Gasteiger charge is -2.15. The SMILES string of the molecule is C.CC.CC.CC.CNC(=O)C1=C(C)CCCC1.CNC(=O)C1=C(C)CCCC1.CNC(=O)C1=C(C)CCCC1. The van der Waals surface area contributed by atoms with Crippen LogP contribution in [0.15, 0.2) is 33.4 Å². The van der Waals surface area contributed by atoms with E-state index in [2.05, 4.69) is 36.7 Å². The maximum absolute atomic E-state index is 11.2. The van der Waals surface area contributed by atoms with Crippen LogP contribution in [0.25, 0.3) is 0 Å². The molecule has 3 aliphatic carbocycles. The van der Waals surface area contributed by atoms with Gasteiger partial charge in [-0.05, 0) is 97.8 Å². The van der Waals surface area contributed by atoms with Gasteiger partial charge in [-0.15, -0.1) is 0 Å². The van der Waals surface area contributed by atoms with Crippen molar-refractivity contribution in [1.82, 2.24) is 16.0 Å². The molecule has 40 heavy (non-hydrogen) atoms. The minimum atomic E-state index is 0. The first-order valence-electron chi connectivity index (χ1n) is 15.5. The summed E-state index contributed by atoms with van der Waals surface area (Å²) in [5.74, 6) is 0.339. The van der Waals surface area contributed by atoms with E-state index in [0.717, 1.165) is 55.2 Å². The maximum Gasteiger partial charge on any atom is 0.246 e. The van der Waals surface area contributed by atoms with Crippen LogP contribution in [0.3, 0.4) is 0 Å². The summed E-state index contributed by atoms with van der Waals surface area (Å²) in [4.78, 5) is 33.6. The van der Waals surface area contributed by atoms with E-state index in [4.69, 9.17) is 0 Å². The zero-order valence-electron chi connectivity index (χ0n) is 27.7. The molecule has 0 saturated heterocycles. The summed E-state index contributed by atoms with van der Waals surface area (Å²) >= 11 is 0. The quantitative estimate of drug-likeness (QED) is 0.320. The van der Waals surface area contributed by atoms with E-state index in [1.54, 1.807) is 21.1 Å². The summed E-state index contributed by atoms with van der Waals surface area (Å²) in [7, 11) is 5.08. The third-order valence-corrected chi connectivity index (χ3v) is 6.73. The van der Waals surface area contributed by atoms with Gasteiger partial charge in [0.15, 0.2) is 0 Å². The highest BCUT2D eigenvalue weighted by atomic mass is 16.2. The van der Waals surface area contributed by atoms with Gasteiger partial charge in [-0.25, -0.2) is 0 Å². The van der Waals surface area contributed by atoms with Gasteiger partial charge in [-0.3, -0.25) is 14.4 Å². The van der Waals surface area contributed by atoms with Crippen molar-refractivity contribution in [3.05, 3.63) is 33.4 Å². The monoisotopic (exact) mass is 566 g/mol. The summed E-state index contributed by atoms with van der Waals surface area (Å²) < 4.78 is 0. The molecule has 0 unspecified atom stereocenters. The first-order valence-corrected chi connectivity index (χ1v) is 15.5. The van der Waals surface area contributed by atoms with E-state index in [1.165, 1.54) is 55.2 Å². The van der Waals surface area contributed by atoms with Gasteiger partial charge < -0.3 is 16.0 Å². The molecule has 236 valence electrons. The Morgan fingerprint density at radius 3 is 0.750 bits per heavy atom. The largest absolute Gasteiger partial charge is 0.355 e. The molecule has 6 heteroatoms. The third-order valence-electron chi connectivity index (χ3n) is 6.73. The molecule has 0 atom stereocenters. The zero-order chi connectivity index (χ0) is 30.8. The van der Waals surface area contributed by atoms with Crippen LogP contribution >= 0.6 is 0 Å². The second-order valence-electron chi connectivity index (χ2n) is 9.14. The number of amides is 3. The summed E-state index contributed by atoms with van der Waals surface area (Å²) in [6, 6.07) is 0. The maximum atomic E-state index is 11.2. The molecule has 0 aromatic heterocycles. The fraction of sp³-hybridized carbons (Fsp3) is 0.735. The van der Waals surface area contributed by atoms with E-state index >= 15 is 0 Å². The highest BCUT2D eigenvalue weighted by Crippen LogP contribution is 2.25. The Hall–Kier alpha value is -2.37. The van der Waals surface area contributed by atoms with Gasteiger partial charge in [0.2, 0.25) is 17.7 Å². The van der Waals surface area contributed by atoms with Crippen molar-refractivity contribution < 1.29 is 14.4 Å². The molecule has 3 rings (SSSR count). The molecule has 6 nitrogen and oxygen atoms in total. The van der Waals surface area contributed by atoms with E-state index in [9.17, 15) is 14.4 Å². The first kappa shape index (κ1) is 44.6. The second kappa shape index (κ2) is 29.6. The van der Waals surface area contributed by atoms with Crippen molar-refractivity contribution in [1.29, 1.82) is 0 Å². The minimum absolute atomic E-state index is 0. The Balaban J connectivity index is -0.000000219. The predicted octanol–water partition coefficient (Wildman–Crippen LogP) is 8.58. The Bertz CT molecular complexity index is 688. The zero-order valence-corrected chi connectivity index (χ0v) is 27.7. The van der Waals surface area contributed by atoms with E-state index < -0.39 is 0 Å². The van der Waals surface area contributed by atoms with Gasteiger partial charge in [0.25, 0.3) is 0 Å². The van der Waals surface area contributed by atoms with Gasteiger partial charge in [0.05, 0.1) is 0 Å². The Kier molecular flexibility index (Phi) is 33.0. The molecule has 0 radical (unpaired) electrons. The topological polar surface area (TPSA) is 87.3 Å². The van der Waals surface area contributed by atoms with E-state index in [1.807, 2.05) is 41.5 Å². The lowest BCUT2D eigenvalue weighted by Crippen LogP contribution is -2.22. The molecule has 3 amide bonds. The third kappa shape index (κ3) is 18.1. The second-order valence-corrected chi connectivity index (χ2v) is 9.14. The number of nitrogens with one attached hydrogen (secondary N) is 3. The number of hydrogen-bond donors (Lipinski definition) is 3.